The van der Waals surface area contributed by atoms with Crippen LogP contribution in [0.1, 0.15) is 24.3 Å². The van der Waals surface area contributed by atoms with Gasteiger partial charge in [-0.15, -0.1) is 0 Å². The van der Waals surface area contributed by atoms with E-state index in [-0.39, 0.29) is 0 Å². The number of hydrogen-bond acceptors (Lipinski definition) is 4. The Morgan fingerprint density at radius 1 is 1.62 bits per heavy atom. The highest BCUT2D eigenvalue weighted by atomic mass is 32.2. The largest absolute Gasteiger partial charge is 0.360 e. The third-order valence-corrected chi connectivity index (χ3v) is 4.16. The Balaban J connectivity index is 1.92. The molecule has 2 rings (SSSR count). The molecule has 2 heterocycles. The third kappa shape index (κ3) is 2.50. The maximum absolute atomic E-state index is 12.0. The lowest BCUT2D eigenvalue weighted by molar-refractivity contribution is 0.391. The Hall–Kier alpha value is -0.720. The molecule has 2 atom stereocenters. The predicted molar refractivity (Wildman–Crippen MR) is 61.4 cm³/mol. The monoisotopic (exact) mass is 243 g/mol. The Kier molecular flexibility index (Phi) is 3.73. The van der Waals surface area contributed by atoms with Crippen molar-refractivity contribution in [3.63, 3.8) is 0 Å². The van der Waals surface area contributed by atoms with Gasteiger partial charge in [-0.3, -0.25) is 0 Å². The van der Waals surface area contributed by atoms with E-state index in [0.717, 1.165) is 19.5 Å². The number of nitrogens with zero attached hydrogens (tertiary/aromatic N) is 1. The highest BCUT2D eigenvalue weighted by molar-refractivity contribution is 7.83. The zero-order valence-electron chi connectivity index (χ0n) is 9.58. The first-order valence-corrected chi connectivity index (χ1v) is 6.65. The highest BCUT2D eigenvalue weighted by Gasteiger charge is 2.19. The highest BCUT2D eigenvalue weighted by Crippen LogP contribution is 2.15. The van der Waals surface area contributed by atoms with Crippen LogP contribution in [0.3, 0.4) is 0 Å². The summed E-state index contributed by atoms with van der Waals surface area (Å²) in [5.41, 5.74) is 0.697. The zero-order valence-corrected chi connectivity index (χ0v) is 10.4. The van der Waals surface area contributed by atoms with Crippen molar-refractivity contribution in [3.05, 3.63) is 11.5 Å². The van der Waals surface area contributed by atoms with Gasteiger partial charge < -0.3 is 9.84 Å². The molecule has 5 nitrogen and oxygen atoms in total. The third-order valence-electron chi connectivity index (χ3n) is 2.78. The van der Waals surface area contributed by atoms with E-state index in [9.17, 15) is 4.21 Å². The molecule has 1 unspecified atom stereocenters. The first-order chi connectivity index (χ1) is 7.68. The minimum Gasteiger partial charge on any atom is -0.360 e. The van der Waals surface area contributed by atoms with Crippen molar-refractivity contribution >= 4 is 11.0 Å². The average Bonchev–Trinajstić information content (AvgIpc) is 2.86. The van der Waals surface area contributed by atoms with Gasteiger partial charge in [0.2, 0.25) is 0 Å². The second kappa shape index (κ2) is 5.07. The van der Waals surface area contributed by atoms with Crippen LogP contribution in [-0.2, 0) is 11.0 Å². The molecule has 1 fully saturated rings. The second-order valence-electron chi connectivity index (χ2n) is 4.06. The van der Waals surface area contributed by atoms with Gasteiger partial charge in [0.05, 0.1) is 5.69 Å². The van der Waals surface area contributed by atoms with Gasteiger partial charge in [-0.1, -0.05) is 5.16 Å². The van der Waals surface area contributed by atoms with Crippen LogP contribution in [0.25, 0.3) is 0 Å². The summed E-state index contributed by atoms with van der Waals surface area (Å²) < 4.78 is 20.0. The van der Waals surface area contributed by atoms with Gasteiger partial charge in [-0.05, 0) is 33.2 Å². The molecule has 0 aliphatic carbocycles. The van der Waals surface area contributed by atoms with Crippen LogP contribution in [0, 0.1) is 13.8 Å². The zero-order chi connectivity index (χ0) is 11.5. The summed E-state index contributed by atoms with van der Waals surface area (Å²) in [5.74, 6) is 0.628. The van der Waals surface area contributed by atoms with Crippen LogP contribution in [0.2, 0.25) is 0 Å². The van der Waals surface area contributed by atoms with Gasteiger partial charge in [0, 0.05) is 12.6 Å². The molecule has 1 aliphatic heterocycles. The molecule has 6 heteroatoms. The van der Waals surface area contributed by atoms with E-state index in [1.165, 1.54) is 6.42 Å². The summed E-state index contributed by atoms with van der Waals surface area (Å²) in [4.78, 5) is 0.679. The van der Waals surface area contributed by atoms with Crippen molar-refractivity contribution in [1.29, 1.82) is 0 Å². The first kappa shape index (κ1) is 11.8. The lowest BCUT2D eigenvalue weighted by Gasteiger charge is -2.10. The Bertz CT molecular complexity index is 366. The topological polar surface area (TPSA) is 67.2 Å². The van der Waals surface area contributed by atoms with Gasteiger partial charge in [0.15, 0.2) is 5.76 Å². The van der Waals surface area contributed by atoms with E-state index >= 15 is 0 Å². The molecule has 1 aromatic rings. The summed E-state index contributed by atoms with van der Waals surface area (Å²) >= 11 is 0. The average molecular weight is 243 g/mol. The molecule has 2 N–H and O–H groups in total. The molecule has 1 aromatic heterocycles. The fourth-order valence-electron chi connectivity index (χ4n) is 1.92. The molecule has 0 amide bonds. The van der Waals surface area contributed by atoms with Gasteiger partial charge in [-0.25, -0.2) is 8.93 Å². The summed E-state index contributed by atoms with van der Waals surface area (Å²) in [5, 5.41) is 7.14. The minimum atomic E-state index is -1.22. The van der Waals surface area contributed by atoms with Crippen LogP contribution in [0.5, 0.6) is 0 Å². The predicted octanol–water partition coefficient (Wildman–Crippen LogP) is 0.656. The van der Waals surface area contributed by atoms with Crippen LogP contribution in [-0.4, -0.2) is 28.5 Å². The van der Waals surface area contributed by atoms with E-state index in [2.05, 4.69) is 15.2 Å². The fourth-order valence-corrected chi connectivity index (χ4v) is 3.02. The van der Waals surface area contributed by atoms with E-state index in [1.807, 2.05) is 0 Å². The van der Waals surface area contributed by atoms with Crippen molar-refractivity contribution < 1.29 is 8.73 Å². The smallest absolute Gasteiger partial charge is 0.151 e. The van der Waals surface area contributed by atoms with Crippen LogP contribution >= 0.6 is 0 Å². The molecule has 0 saturated carbocycles. The van der Waals surface area contributed by atoms with Gasteiger partial charge in [-0.2, -0.15) is 0 Å². The van der Waals surface area contributed by atoms with Crippen molar-refractivity contribution in [2.75, 3.05) is 13.1 Å². The summed E-state index contributed by atoms with van der Waals surface area (Å²) in [7, 11) is -1.22. The molecule has 1 aliphatic rings. The molecule has 16 heavy (non-hydrogen) atoms. The quantitative estimate of drug-likeness (QED) is 0.815. The molecule has 0 spiro atoms. The maximum atomic E-state index is 12.0. The van der Waals surface area contributed by atoms with E-state index in [0.29, 0.717) is 22.4 Å². The Morgan fingerprint density at radius 3 is 3.00 bits per heavy atom. The molecule has 0 aromatic carbocycles. The van der Waals surface area contributed by atoms with Gasteiger partial charge in [0.1, 0.15) is 15.9 Å². The molecule has 0 radical (unpaired) electrons. The first-order valence-electron chi connectivity index (χ1n) is 5.50. The fraction of sp³-hybridized carbons (Fsp3) is 0.700. The number of nitrogens with one attached hydrogen (secondary N) is 2. The lowest BCUT2D eigenvalue weighted by Crippen LogP contribution is -2.34. The molecular weight excluding hydrogens is 226 g/mol. The molecule has 0 bridgehead atoms. The molecule has 90 valence electrons. The summed E-state index contributed by atoms with van der Waals surface area (Å²) in [6, 6.07) is 0.435. The van der Waals surface area contributed by atoms with Gasteiger partial charge in [0.25, 0.3) is 0 Å². The maximum Gasteiger partial charge on any atom is 0.151 e. The number of aryl methyl sites for hydroxylation is 2. The molecule has 1 saturated heterocycles. The Labute approximate surface area is 97.6 Å². The van der Waals surface area contributed by atoms with Crippen LogP contribution < -0.4 is 10.0 Å². The van der Waals surface area contributed by atoms with Crippen molar-refractivity contribution in [3.8, 4) is 0 Å². The number of hydrogen-bond donors (Lipinski definition) is 2. The number of aromatic nitrogens is 1. The minimum absolute atomic E-state index is 0.435. The SMILES string of the molecule is Cc1noc(C)c1S(=O)NC[C@@H]1CCCN1. The van der Waals surface area contributed by atoms with Crippen LogP contribution in [0.15, 0.2) is 9.42 Å². The van der Waals surface area contributed by atoms with Crippen molar-refractivity contribution in [2.45, 2.75) is 37.6 Å². The van der Waals surface area contributed by atoms with E-state index < -0.39 is 11.0 Å². The summed E-state index contributed by atoms with van der Waals surface area (Å²) in [6.07, 6.45) is 2.34. The second-order valence-corrected chi connectivity index (χ2v) is 5.30. The molecular formula is C10H17N3O2S. The number of rotatable bonds is 4. The Morgan fingerprint density at radius 2 is 2.44 bits per heavy atom. The van der Waals surface area contributed by atoms with Crippen LogP contribution in [0.4, 0.5) is 0 Å². The van der Waals surface area contributed by atoms with Crippen molar-refractivity contribution in [1.82, 2.24) is 15.2 Å². The van der Waals surface area contributed by atoms with E-state index in [4.69, 9.17) is 4.52 Å². The normalized spacial score (nSPS) is 22.5. The summed E-state index contributed by atoms with van der Waals surface area (Å²) in [6.45, 7) is 5.36. The lowest BCUT2D eigenvalue weighted by atomic mass is 10.2. The van der Waals surface area contributed by atoms with Crippen molar-refractivity contribution in [2.24, 2.45) is 0 Å². The van der Waals surface area contributed by atoms with Gasteiger partial charge >= 0.3 is 0 Å². The standard InChI is InChI=1S/C10H17N3O2S/c1-7-10(8(2)15-13-7)16(14)12-6-9-4-3-5-11-9/h9,11-12H,3-6H2,1-2H3/t9-,16?/m0/s1. The van der Waals surface area contributed by atoms with E-state index in [1.54, 1.807) is 13.8 Å².